The number of hydrogen-bond donors (Lipinski definition) is 0. The summed E-state index contributed by atoms with van der Waals surface area (Å²) in [6.45, 7) is 0.693. The lowest BCUT2D eigenvalue weighted by molar-refractivity contribution is -0.137. The molecule has 28 heavy (non-hydrogen) atoms. The molecule has 0 bridgehead atoms. The largest absolute Gasteiger partial charge is 0.416 e. The third-order valence-corrected chi connectivity index (χ3v) is 6.64. The number of alkyl halides is 3. The van der Waals surface area contributed by atoms with Gasteiger partial charge in [-0.15, -0.1) is 0 Å². The van der Waals surface area contributed by atoms with E-state index in [1.54, 1.807) is 12.3 Å². The van der Waals surface area contributed by atoms with Crippen molar-refractivity contribution in [1.82, 2.24) is 18.6 Å². The average molecular weight is 414 g/mol. The highest BCUT2D eigenvalue weighted by Gasteiger charge is 2.32. The maximum Gasteiger partial charge on any atom is 0.416 e. The van der Waals surface area contributed by atoms with Crippen molar-refractivity contribution in [1.29, 1.82) is 0 Å². The van der Waals surface area contributed by atoms with E-state index in [-0.39, 0.29) is 12.5 Å². The number of piperidine rings is 1. The molecule has 3 rings (SSSR count). The van der Waals surface area contributed by atoms with E-state index in [2.05, 4.69) is 9.97 Å². The molecule has 1 aromatic heterocycles. The van der Waals surface area contributed by atoms with Gasteiger partial charge in [0.05, 0.1) is 23.1 Å². The molecule has 2 aromatic rings. The van der Waals surface area contributed by atoms with Crippen LogP contribution in [0.2, 0.25) is 0 Å². The van der Waals surface area contributed by atoms with Crippen LogP contribution in [0.1, 0.15) is 30.0 Å². The summed E-state index contributed by atoms with van der Waals surface area (Å²) in [5.74, 6) is -0.165. The molecule has 1 aliphatic heterocycles. The Balaban J connectivity index is 1.88. The van der Waals surface area contributed by atoms with Gasteiger partial charge in [0.1, 0.15) is 0 Å². The average Bonchev–Trinajstić information content (AvgIpc) is 2.67. The van der Waals surface area contributed by atoms with Crippen LogP contribution in [-0.4, -0.2) is 54.2 Å². The van der Waals surface area contributed by atoms with Crippen LogP contribution in [0.15, 0.2) is 36.7 Å². The molecule has 0 N–H and O–H groups in total. The normalized spacial score (nSPS) is 19.1. The Kier molecular flexibility index (Phi) is 5.74. The van der Waals surface area contributed by atoms with Gasteiger partial charge in [0.2, 0.25) is 0 Å². The summed E-state index contributed by atoms with van der Waals surface area (Å²) in [4.78, 5) is 8.61. The SMILES string of the molecule is CN(C)S(=O)(=O)N1CCC[C@@H](c2cncc(-c3cccc(C(F)(F)F)c3)n2)C1. The van der Waals surface area contributed by atoms with Gasteiger partial charge in [-0.1, -0.05) is 12.1 Å². The lowest BCUT2D eigenvalue weighted by Crippen LogP contribution is -2.45. The monoisotopic (exact) mass is 414 g/mol. The van der Waals surface area contributed by atoms with Gasteiger partial charge in [0.25, 0.3) is 10.2 Å². The molecule has 0 amide bonds. The predicted molar refractivity (Wildman–Crippen MR) is 98.6 cm³/mol. The molecule has 1 aromatic carbocycles. The van der Waals surface area contributed by atoms with Crippen molar-refractivity contribution in [2.24, 2.45) is 0 Å². The second-order valence-corrected chi connectivity index (χ2v) is 9.04. The first-order chi connectivity index (χ1) is 13.1. The second-order valence-electron chi connectivity index (χ2n) is 6.90. The van der Waals surface area contributed by atoms with E-state index in [0.717, 1.165) is 18.6 Å². The molecule has 0 spiro atoms. The van der Waals surface area contributed by atoms with E-state index in [1.165, 1.54) is 35.0 Å². The molecule has 1 aliphatic rings. The third kappa shape index (κ3) is 4.34. The summed E-state index contributed by atoms with van der Waals surface area (Å²) in [5.41, 5.74) is 0.473. The Morgan fingerprint density at radius 2 is 1.96 bits per heavy atom. The first kappa shape index (κ1) is 20.7. The smallest absolute Gasteiger partial charge is 0.261 e. The van der Waals surface area contributed by atoms with Crippen molar-refractivity contribution in [2.45, 2.75) is 24.9 Å². The standard InChI is InChI=1S/C18H21F3N4O2S/c1-24(2)28(26,27)25-8-4-6-14(12-25)17-11-22-10-16(23-17)13-5-3-7-15(9-13)18(19,20)21/h3,5,7,9-11,14H,4,6,8,12H2,1-2H3/t14-/m1/s1. The zero-order chi connectivity index (χ0) is 20.5. The van der Waals surface area contributed by atoms with E-state index >= 15 is 0 Å². The van der Waals surface area contributed by atoms with Gasteiger partial charge in [0, 0.05) is 44.9 Å². The summed E-state index contributed by atoms with van der Waals surface area (Å²) in [6.07, 6.45) is -0.0669. The first-order valence-corrected chi connectivity index (χ1v) is 10.2. The number of halogens is 3. The number of hydrogen-bond acceptors (Lipinski definition) is 4. The molecule has 6 nitrogen and oxygen atoms in total. The van der Waals surface area contributed by atoms with Gasteiger partial charge in [-0.25, -0.2) is 4.98 Å². The van der Waals surface area contributed by atoms with Gasteiger partial charge in [0.15, 0.2) is 0 Å². The molecule has 0 unspecified atom stereocenters. The van der Waals surface area contributed by atoms with Crippen LogP contribution in [0.5, 0.6) is 0 Å². The van der Waals surface area contributed by atoms with Gasteiger partial charge in [-0.05, 0) is 25.0 Å². The fourth-order valence-corrected chi connectivity index (χ4v) is 4.39. The predicted octanol–water partition coefficient (Wildman–Crippen LogP) is 3.15. The number of aromatic nitrogens is 2. The third-order valence-electron chi connectivity index (χ3n) is 4.73. The Morgan fingerprint density at radius 1 is 1.21 bits per heavy atom. The van der Waals surface area contributed by atoms with Gasteiger partial charge in [-0.3, -0.25) is 4.98 Å². The Labute approximate surface area is 162 Å². The molecule has 0 saturated carbocycles. The van der Waals surface area contributed by atoms with Crippen molar-refractivity contribution in [3.05, 3.63) is 47.9 Å². The summed E-state index contributed by atoms with van der Waals surface area (Å²) in [5, 5.41) is 0. The summed E-state index contributed by atoms with van der Waals surface area (Å²) >= 11 is 0. The Morgan fingerprint density at radius 3 is 2.64 bits per heavy atom. The second kappa shape index (κ2) is 7.76. The Bertz CT molecular complexity index is 948. The van der Waals surface area contributed by atoms with E-state index in [1.807, 2.05) is 0 Å². The maximum atomic E-state index is 13.0. The molecule has 0 radical (unpaired) electrons. The zero-order valence-electron chi connectivity index (χ0n) is 15.5. The van der Waals surface area contributed by atoms with E-state index < -0.39 is 21.9 Å². The number of benzene rings is 1. The molecule has 152 valence electrons. The Hall–Kier alpha value is -2.04. The molecule has 1 atom stereocenters. The van der Waals surface area contributed by atoms with Gasteiger partial charge >= 0.3 is 6.18 Å². The molecule has 10 heteroatoms. The lowest BCUT2D eigenvalue weighted by Gasteiger charge is -2.33. The summed E-state index contributed by atoms with van der Waals surface area (Å²) < 4.78 is 66.3. The summed E-state index contributed by atoms with van der Waals surface area (Å²) in [6, 6.07) is 4.93. The molecular formula is C18H21F3N4O2S. The van der Waals surface area contributed by atoms with Crippen molar-refractivity contribution in [3.8, 4) is 11.3 Å². The van der Waals surface area contributed by atoms with Crippen LogP contribution >= 0.6 is 0 Å². The number of nitrogens with zero attached hydrogens (tertiary/aromatic N) is 4. The van der Waals surface area contributed by atoms with Crippen molar-refractivity contribution in [2.75, 3.05) is 27.2 Å². The van der Waals surface area contributed by atoms with Crippen LogP contribution < -0.4 is 0 Å². The van der Waals surface area contributed by atoms with Gasteiger partial charge < -0.3 is 0 Å². The van der Waals surface area contributed by atoms with Crippen LogP contribution in [0, 0.1) is 0 Å². The maximum absolute atomic E-state index is 13.0. The highest BCUT2D eigenvalue weighted by molar-refractivity contribution is 7.86. The van der Waals surface area contributed by atoms with E-state index in [4.69, 9.17) is 0 Å². The van der Waals surface area contributed by atoms with Crippen LogP contribution in [0.4, 0.5) is 13.2 Å². The first-order valence-electron chi connectivity index (χ1n) is 8.76. The van der Waals surface area contributed by atoms with Crippen molar-refractivity contribution in [3.63, 3.8) is 0 Å². The highest BCUT2D eigenvalue weighted by atomic mass is 32.2. The molecule has 1 fully saturated rings. The molecule has 1 saturated heterocycles. The lowest BCUT2D eigenvalue weighted by atomic mass is 9.96. The zero-order valence-corrected chi connectivity index (χ0v) is 16.3. The summed E-state index contributed by atoms with van der Waals surface area (Å²) in [7, 11) is -0.573. The highest BCUT2D eigenvalue weighted by Crippen LogP contribution is 2.32. The van der Waals surface area contributed by atoms with Crippen LogP contribution in [0.3, 0.4) is 0 Å². The quantitative estimate of drug-likeness (QED) is 0.771. The molecule has 2 heterocycles. The fraction of sp³-hybridized carbons (Fsp3) is 0.444. The van der Waals surface area contributed by atoms with Crippen molar-refractivity contribution >= 4 is 10.2 Å². The topological polar surface area (TPSA) is 66.4 Å². The minimum Gasteiger partial charge on any atom is -0.261 e. The number of rotatable bonds is 4. The molecular weight excluding hydrogens is 393 g/mol. The molecule has 0 aliphatic carbocycles. The van der Waals surface area contributed by atoms with E-state index in [0.29, 0.717) is 29.9 Å². The van der Waals surface area contributed by atoms with Crippen LogP contribution in [0.25, 0.3) is 11.3 Å². The fourth-order valence-electron chi connectivity index (χ4n) is 3.20. The van der Waals surface area contributed by atoms with Gasteiger partial charge in [-0.2, -0.15) is 30.2 Å². The van der Waals surface area contributed by atoms with E-state index in [9.17, 15) is 21.6 Å². The van der Waals surface area contributed by atoms with Crippen LogP contribution in [-0.2, 0) is 16.4 Å². The minimum absolute atomic E-state index is 0.165. The minimum atomic E-state index is -4.44. The van der Waals surface area contributed by atoms with Crippen molar-refractivity contribution < 1.29 is 21.6 Å².